The van der Waals surface area contributed by atoms with Crippen molar-refractivity contribution in [1.82, 2.24) is 4.98 Å². The molecule has 0 spiro atoms. The molecule has 0 aliphatic carbocycles. The van der Waals surface area contributed by atoms with Gasteiger partial charge in [0.15, 0.2) is 11.7 Å². The lowest BCUT2D eigenvalue weighted by atomic mass is 10.2. The lowest BCUT2D eigenvalue weighted by Gasteiger charge is -2.08. The number of benzene rings is 2. The second kappa shape index (κ2) is 8.51. The number of carbonyl (C=O) groups is 1. The van der Waals surface area contributed by atoms with E-state index in [1.807, 2.05) is 43.3 Å². The third-order valence-corrected chi connectivity index (χ3v) is 5.23. The largest absolute Gasteiger partial charge is 0.494 e. The lowest BCUT2D eigenvalue weighted by molar-refractivity contribution is -0.118. The SMILES string of the molecule is CCOc1ccc2nc(NC(=O)COc3ccc(CC)cc3Br)sc2c1. The molecule has 7 heteroatoms. The number of anilines is 1. The number of carbonyl (C=O) groups excluding carboxylic acids is 1. The maximum Gasteiger partial charge on any atom is 0.264 e. The first-order valence-electron chi connectivity index (χ1n) is 8.33. The first kappa shape index (κ1) is 18.7. The predicted octanol–water partition coefficient (Wildman–Crippen LogP) is 5.04. The molecule has 26 heavy (non-hydrogen) atoms. The van der Waals surface area contributed by atoms with Crippen molar-refractivity contribution in [3.8, 4) is 11.5 Å². The van der Waals surface area contributed by atoms with Gasteiger partial charge in [-0.3, -0.25) is 10.1 Å². The minimum absolute atomic E-state index is 0.0792. The minimum atomic E-state index is -0.249. The van der Waals surface area contributed by atoms with Gasteiger partial charge in [-0.25, -0.2) is 4.98 Å². The van der Waals surface area contributed by atoms with Crippen molar-refractivity contribution in [3.63, 3.8) is 0 Å². The van der Waals surface area contributed by atoms with Gasteiger partial charge in [-0.1, -0.05) is 24.3 Å². The molecule has 136 valence electrons. The quantitative estimate of drug-likeness (QED) is 0.565. The molecule has 1 N–H and O–H groups in total. The fourth-order valence-corrected chi connectivity index (χ4v) is 3.85. The molecule has 0 saturated carbocycles. The first-order chi connectivity index (χ1) is 12.6. The van der Waals surface area contributed by atoms with Gasteiger partial charge in [0.25, 0.3) is 5.91 Å². The molecule has 0 unspecified atom stereocenters. The third-order valence-electron chi connectivity index (χ3n) is 3.68. The van der Waals surface area contributed by atoms with E-state index in [-0.39, 0.29) is 12.5 Å². The Bertz CT molecular complexity index is 926. The standard InChI is InChI=1S/C19H19BrN2O3S/c1-3-12-5-8-16(14(20)9-12)25-11-18(23)22-19-21-15-7-6-13(24-4-2)10-17(15)26-19/h5-10H,3-4,11H2,1-2H3,(H,21,22,23). The number of halogens is 1. The zero-order chi connectivity index (χ0) is 18.5. The zero-order valence-corrected chi connectivity index (χ0v) is 16.9. The summed E-state index contributed by atoms with van der Waals surface area (Å²) < 4.78 is 12.9. The molecule has 0 radical (unpaired) electrons. The first-order valence-corrected chi connectivity index (χ1v) is 9.94. The lowest BCUT2D eigenvalue weighted by Crippen LogP contribution is -2.20. The van der Waals surface area contributed by atoms with Crippen molar-refractivity contribution >= 4 is 48.5 Å². The molecule has 1 amide bonds. The molecule has 0 fully saturated rings. The molecule has 3 rings (SSSR count). The summed E-state index contributed by atoms with van der Waals surface area (Å²) in [6, 6.07) is 11.5. The van der Waals surface area contributed by atoms with Crippen LogP contribution in [-0.2, 0) is 11.2 Å². The molecule has 0 bridgehead atoms. The molecular formula is C19H19BrN2O3S. The van der Waals surface area contributed by atoms with Gasteiger partial charge in [0.2, 0.25) is 0 Å². The van der Waals surface area contributed by atoms with E-state index < -0.39 is 0 Å². The number of amides is 1. The van der Waals surface area contributed by atoms with Gasteiger partial charge in [0.1, 0.15) is 11.5 Å². The minimum Gasteiger partial charge on any atom is -0.494 e. The van der Waals surface area contributed by atoms with Crippen LogP contribution in [0.4, 0.5) is 5.13 Å². The average Bonchev–Trinajstić information content (AvgIpc) is 3.02. The number of nitrogens with zero attached hydrogens (tertiary/aromatic N) is 1. The Balaban J connectivity index is 1.62. The number of aryl methyl sites for hydroxylation is 1. The number of rotatable bonds is 7. The maximum absolute atomic E-state index is 12.2. The number of fused-ring (bicyclic) bond motifs is 1. The number of ether oxygens (including phenoxy) is 2. The molecule has 2 aromatic carbocycles. The maximum atomic E-state index is 12.2. The number of nitrogens with one attached hydrogen (secondary N) is 1. The van der Waals surface area contributed by atoms with Crippen molar-refractivity contribution in [2.45, 2.75) is 20.3 Å². The van der Waals surface area contributed by atoms with E-state index in [0.29, 0.717) is 17.5 Å². The third kappa shape index (κ3) is 4.53. The van der Waals surface area contributed by atoms with Crippen LogP contribution < -0.4 is 14.8 Å². The number of aromatic nitrogens is 1. The Hall–Kier alpha value is -2.12. The van der Waals surface area contributed by atoms with Crippen LogP contribution in [-0.4, -0.2) is 24.1 Å². The summed E-state index contributed by atoms with van der Waals surface area (Å²) in [6.07, 6.45) is 0.946. The Morgan fingerprint density at radius 3 is 2.77 bits per heavy atom. The van der Waals surface area contributed by atoms with E-state index in [1.165, 1.54) is 16.9 Å². The Labute approximate surface area is 164 Å². The second-order valence-electron chi connectivity index (χ2n) is 5.54. The van der Waals surface area contributed by atoms with E-state index >= 15 is 0 Å². The van der Waals surface area contributed by atoms with Crippen LogP contribution in [0.5, 0.6) is 11.5 Å². The highest BCUT2D eigenvalue weighted by Gasteiger charge is 2.10. The zero-order valence-electron chi connectivity index (χ0n) is 14.5. The summed E-state index contributed by atoms with van der Waals surface area (Å²) in [7, 11) is 0. The van der Waals surface area contributed by atoms with Crippen LogP contribution in [0.1, 0.15) is 19.4 Å². The van der Waals surface area contributed by atoms with E-state index in [0.717, 1.165) is 26.9 Å². The van der Waals surface area contributed by atoms with Crippen molar-refractivity contribution in [3.05, 3.63) is 46.4 Å². The number of hydrogen-bond donors (Lipinski definition) is 1. The fourth-order valence-electron chi connectivity index (χ4n) is 2.39. The van der Waals surface area contributed by atoms with Crippen LogP contribution in [0.25, 0.3) is 10.2 Å². The molecular weight excluding hydrogens is 416 g/mol. The molecule has 0 saturated heterocycles. The van der Waals surface area contributed by atoms with E-state index in [1.54, 1.807) is 0 Å². The van der Waals surface area contributed by atoms with Gasteiger partial charge in [0.05, 0.1) is 21.3 Å². The topological polar surface area (TPSA) is 60.5 Å². The molecule has 1 heterocycles. The number of thiazole rings is 1. The van der Waals surface area contributed by atoms with Gasteiger partial charge in [-0.2, -0.15) is 0 Å². The molecule has 0 atom stereocenters. The summed E-state index contributed by atoms with van der Waals surface area (Å²) in [4.78, 5) is 16.6. The highest BCUT2D eigenvalue weighted by molar-refractivity contribution is 9.10. The van der Waals surface area contributed by atoms with Gasteiger partial charge in [0, 0.05) is 0 Å². The van der Waals surface area contributed by atoms with Crippen molar-refractivity contribution in [2.75, 3.05) is 18.5 Å². The highest BCUT2D eigenvalue weighted by atomic mass is 79.9. The van der Waals surface area contributed by atoms with Crippen molar-refractivity contribution in [2.24, 2.45) is 0 Å². The molecule has 0 aliphatic rings. The van der Waals surface area contributed by atoms with Crippen LogP contribution in [0, 0.1) is 0 Å². The fraction of sp³-hybridized carbons (Fsp3) is 0.263. The summed E-state index contributed by atoms with van der Waals surface area (Å²) in [5.74, 6) is 1.19. The predicted molar refractivity (Wildman–Crippen MR) is 108 cm³/mol. The second-order valence-corrected chi connectivity index (χ2v) is 7.42. The molecule has 5 nitrogen and oxygen atoms in total. The van der Waals surface area contributed by atoms with Crippen LogP contribution in [0.3, 0.4) is 0 Å². The highest BCUT2D eigenvalue weighted by Crippen LogP contribution is 2.29. The smallest absolute Gasteiger partial charge is 0.264 e. The number of hydrogen-bond acceptors (Lipinski definition) is 5. The van der Waals surface area contributed by atoms with Crippen molar-refractivity contribution in [1.29, 1.82) is 0 Å². The van der Waals surface area contributed by atoms with Gasteiger partial charge < -0.3 is 9.47 Å². The van der Waals surface area contributed by atoms with Crippen molar-refractivity contribution < 1.29 is 14.3 Å². The summed E-state index contributed by atoms with van der Waals surface area (Å²) >= 11 is 4.88. The molecule has 3 aromatic rings. The van der Waals surface area contributed by atoms with E-state index in [9.17, 15) is 4.79 Å². The Kier molecular flexibility index (Phi) is 6.11. The summed E-state index contributed by atoms with van der Waals surface area (Å²) in [5.41, 5.74) is 2.03. The van der Waals surface area contributed by atoms with Crippen LogP contribution in [0.2, 0.25) is 0 Å². The van der Waals surface area contributed by atoms with E-state index in [4.69, 9.17) is 9.47 Å². The monoisotopic (exact) mass is 434 g/mol. The Morgan fingerprint density at radius 1 is 1.19 bits per heavy atom. The summed E-state index contributed by atoms with van der Waals surface area (Å²) in [5, 5.41) is 3.33. The molecule has 1 aromatic heterocycles. The van der Waals surface area contributed by atoms with Gasteiger partial charge in [-0.15, -0.1) is 0 Å². The Morgan fingerprint density at radius 2 is 2.04 bits per heavy atom. The van der Waals surface area contributed by atoms with Crippen LogP contribution in [0.15, 0.2) is 40.9 Å². The molecule has 0 aliphatic heterocycles. The van der Waals surface area contributed by atoms with E-state index in [2.05, 4.69) is 33.2 Å². The summed E-state index contributed by atoms with van der Waals surface area (Å²) in [6.45, 7) is 4.56. The average molecular weight is 435 g/mol. The normalized spacial score (nSPS) is 10.7. The van der Waals surface area contributed by atoms with Gasteiger partial charge >= 0.3 is 0 Å². The van der Waals surface area contributed by atoms with Crippen LogP contribution >= 0.6 is 27.3 Å². The van der Waals surface area contributed by atoms with Gasteiger partial charge in [-0.05, 0) is 65.2 Å².